The highest BCUT2D eigenvalue weighted by Crippen LogP contribution is 2.29. The number of hydrogen-bond donors (Lipinski definition) is 1. The minimum atomic E-state index is -1.64. The molecule has 2 unspecified atom stereocenters. The lowest BCUT2D eigenvalue weighted by Crippen LogP contribution is -2.61. The maximum absolute atomic E-state index is 10.8. The van der Waals surface area contributed by atoms with Gasteiger partial charge in [-0.15, -0.1) is 0 Å². The van der Waals surface area contributed by atoms with E-state index in [9.17, 15) is 5.11 Å². The number of aliphatic hydroxyl groups is 1. The fourth-order valence-corrected chi connectivity index (χ4v) is 3.67. The van der Waals surface area contributed by atoms with Crippen LogP contribution in [0.3, 0.4) is 0 Å². The number of ether oxygens (including phenoxy) is 1. The van der Waals surface area contributed by atoms with Crippen LogP contribution in [0.4, 0.5) is 0 Å². The number of nitrogens with zero attached hydrogens (tertiary/aromatic N) is 1. The van der Waals surface area contributed by atoms with Gasteiger partial charge >= 0.3 is 0 Å². The molecule has 0 aromatic heterocycles. The third-order valence-corrected chi connectivity index (χ3v) is 7.67. The second kappa shape index (κ2) is 5.98. The Morgan fingerprint density at radius 1 is 1.30 bits per heavy atom. The smallest absolute Gasteiger partial charge is 0.101 e. The maximum Gasteiger partial charge on any atom is 0.101 e. The third kappa shape index (κ3) is 3.50. The van der Waals surface area contributed by atoms with Gasteiger partial charge < -0.3 is 9.84 Å². The highest BCUT2D eigenvalue weighted by Gasteiger charge is 2.45. The molecule has 1 aliphatic heterocycles. The van der Waals surface area contributed by atoms with Crippen LogP contribution in [-0.2, 0) is 11.3 Å². The summed E-state index contributed by atoms with van der Waals surface area (Å²) in [6.45, 7) is 11.0. The van der Waals surface area contributed by atoms with E-state index in [0.29, 0.717) is 6.61 Å². The van der Waals surface area contributed by atoms with Crippen molar-refractivity contribution >= 4 is 8.07 Å². The second-order valence-corrected chi connectivity index (χ2v) is 12.4. The van der Waals surface area contributed by atoms with Crippen LogP contribution in [0.1, 0.15) is 18.9 Å². The van der Waals surface area contributed by atoms with Crippen molar-refractivity contribution in [2.24, 2.45) is 0 Å². The van der Waals surface area contributed by atoms with Crippen LogP contribution in [0.25, 0.3) is 0 Å². The minimum Gasteiger partial charge on any atom is -0.379 e. The molecule has 0 radical (unpaired) electrons. The van der Waals surface area contributed by atoms with Gasteiger partial charge in [-0.2, -0.15) is 0 Å². The lowest BCUT2D eigenvalue weighted by molar-refractivity contribution is -0.0324. The molecule has 4 heteroatoms. The van der Waals surface area contributed by atoms with Crippen LogP contribution in [-0.4, -0.2) is 42.6 Å². The van der Waals surface area contributed by atoms with Gasteiger partial charge in [0.2, 0.25) is 0 Å². The normalized spacial score (nSPS) is 23.8. The average molecular weight is 293 g/mol. The number of likely N-dealkylation sites (tertiary alicyclic amines) is 1. The van der Waals surface area contributed by atoms with Crippen molar-refractivity contribution in [3.8, 4) is 0 Å². The molecule has 2 rings (SSSR count). The molecule has 2 atom stereocenters. The third-order valence-electron chi connectivity index (χ3n) is 4.51. The van der Waals surface area contributed by atoms with Crippen molar-refractivity contribution in [2.75, 3.05) is 13.1 Å². The van der Waals surface area contributed by atoms with Gasteiger partial charge in [0.05, 0.1) is 12.7 Å². The molecule has 1 N–H and O–H groups in total. The van der Waals surface area contributed by atoms with Gasteiger partial charge in [0.25, 0.3) is 0 Å². The topological polar surface area (TPSA) is 32.7 Å². The number of hydrogen-bond acceptors (Lipinski definition) is 3. The van der Waals surface area contributed by atoms with E-state index < -0.39 is 13.4 Å². The second-order valence-electron chi connectivity index (χ2n) is 6.92. The first-order chi connectivity index (χ1) is 9.30. The molecule has 0 bridgehead atoms. The molecule has 112 valence electrons. The molecule has 1 fully saturated rings. The number of rotatable bonds is 5. The Balaban J connectivity index is 1.87. The van der Waals surface area contributed by atoms with Crippen molar-refractivity contribution < 1.29 is 9.84 Å². The molecule has 1 aromatic carbocycles. The first-order valence-corrected chi connectivity index (χ1v) is 10.9. The minimum absolute atomic E-state index is 0.234. The van der Waals surface area contributed by atoms with E-state index in [1.54, 1.807) is 0 Å². The molecule has 1 aromatic rings. The molecule has 20 heavy (non-hydrogen) atoms. The predicted molar refractivity (Wildman–Crippen MR) is 85.2 cm³/mol. The molecule has 0 aliphatic carbocycles. The molecule has 1 heterocycles. The molecule has 3 nitrogen and oxygen atoms in total. The van der Waals surface area contributed by atoms with Gasteiger partial charge in [-0.3, -0.25) is 4.90 Å². The van der Waals surface area contributed by atoms with Crippen molar-refractivity contribution in [3.63, 3.8) is 0 Å². The first-order valence-electron chi connectivity index (χ1n) is 7.43. The van der Waals surface area contributed by atoms with Crippen molar-refractivity contribution in [3.05, 3.63) is 35.9 Å². The summed E-state index contributed by atoms with van der Waals surface area (Å²) in [4.78, 5) is 2.20. The Hall–Kier alpha value is -0.683. The average Bonchev–Trinajstić information content (AvgIpc) is 2.85. The predicted octanol–water partition coefficient (Wildman–Crippen LogP) is 2.86. The summed E-state index contributed by atoms with van der Waals surface area (Å²) in [6.07, 6.45) is 1.24. The summed E-state index contributed by atoms with van der Waals surface area (Å²) in [6, 6.07) is 10.3. The Kier molecular flexibility index (Phi) is 4.69. The summed E-state index contributed by atoms with van der Waals surface area (Å²) in [5.41, 5.74) is 1.21. The molecule has 0 spiro atoms. The number of benzene rings is 1. The Bertz CT molecular complexity index is 428. The van der Waals surface area contributed by atoms with Crippen molar-refractivity contribution in [1.29, 1.82) is 0 Å². The van der Waals surface area contributed by atoms with Crippen LogP contribution >= 0.6 is 0 Å². The van der Waals surface area contributed by atoms with Crippen LogP contribution in [0.15, 0.2) is 30.3 Å². The van der Waals surface area contributed by atoms with E-state index in [0.717, 1.165) is 19.5 Å². The van der Waals surface area contributed by atoms with Gasteiger partial charge in [-0.25, -0.2) is 0 Å². The Morgan fingerprint density at radius 3 is 2.55 bits per heavy atom. The summed E-state index contributed by atoms with van der Waals surface area (Å²) in [5.74, 6) is 0. The molecular formula is C16H27NO2Si. The molecule has 1 saturated heterocycles. The highest BCUT2D eigenvalue weighted by atomic mass is 28.3. The van der Waals surface area contributed by atoms with E-state index in [1.807, 2.05) is 25.1 Å². The van der Waals surface area contributed by atoms with Gasteiger partial charge in [0.1, 0.15) is 13.4 Å². The van der Waals surface area contributed by atoms with E-state index in [4.69, 9.17) is 4.74 Å². The first kappa shape index (κ1) is 15.7. The van der Waals surface area contributed by atoms with E-state index in [-0.39, 0.29) is 6.10 Å². The summed E-state index contributed by atoms with van der Waals surface area (Å²) in [7, 11) is -1.64. The van der Waals surface area contributed by atoms with Gasteiger partial charge in [-0.05, 0) is 18.9 Å². The largest absolute Gasteiger partial charge is 0.379 e. The van der Waals surface area contributed by atoms with Crippen molar-refractivity contribution in [2.45, 2.75) is 51.0 Å². The standard InChI is InChI=1S/C16H27NO2Si/c1-16(18,20(2,3)4)17-11-10-15(12-17)19-13-14-8-6-5-7-9-14/h5-9,15,18H,10-13H2,1-4H3. The van der Waals surface area contributed by atoms with Crippen LogP contribution in [0.2, 0.25) is 19.6 Å². The fourth-order valence-electron chi connectivity index (χ4n) is 2.52. The van der Waals surface area contributed by atoms with Gasteiger partial charge in [-0.1, -0.05) is 50.0 Å². The Morgan fingerprint density at radius 2 is 1.95 bits per heavy atom. The van der Waals surface area contributed by atoms with Gasteiger partial charge in [0, 0.05) is 13.1 Å². The van der Waals surface area contributed by atoms with Gasteiger partial charge in [0.15, 0.2) is 0 Å². The maximum atomic E-state index is 10.8. The molecule has 0 amide bonds. The molecular weight excluding hydrogens is 266 g/mol. The monoisotopic (exact) mass is 293 g/mol. The Labute approximate surface area is 123 Å². The lowest BCUT2D eigenvalue weighted by atomic mass is 10.2. The quantitative estimate of drug-likeness (QED) is 0.847. The zero-order valence-corrected chi connectivity index (χ0v) is 14.1. The van der Waals surface area contributed by atoms with Crippen molar-refractivity contribution in [1.82, 2.24) is 4.90 Å². The van der Waals surface area contributed by atoms with E-state index in [2.05, 4.69) is 36.7 Å². The SMILES string of the molecule is CC(O)(N1CCC(OCc2ccccc2)C1)[Si](C)(C)C. The zero-order chi connectivity index (χ0) is 14.8. The van der Waals surface area contributed by atoms with E-state index in [1.165, 1.54) is 5.56 Å². The zero-order valence-electron chi connectivity index (χ0n) is 13.1. The lowest BCUT2D eigenvalue weighted by Gasteiger charge is -2.43. The van der Waals surface area contributed by atoms with Crippen LogP contribution < -0.4 is 0 Å². The van der Waals surface area contributed by atoms with E-state index >= 15 is 0 Å². The van der Waals surface area contributed by atoms with Crippen LogP contribution in [0.5, 0.6) is 0 Å². The summed E-state index contributed by atoms with van der Waals surface area (Å²) < 4.78 is 5.99. The molecule has 0 saturated carbocycles. The van der Waals surface area contributed by atoms with Crippen LogP contribution in [0, 0.1) is 0 Å². The molecule has 1 aliphatic rings. The summed E-state index contributed by atoms with van der Waals surface area (Å²) >= 11 is 0. The highest BCUT2D eigenvalue weighted by molar-refractivity contribution is 6.78. The fraction of sp³-hybridized carbons (Fsp3) is 0.625. The summed E-state index contributed by atoms with van der Waals surface area (Å²) in [5, 5.41) is 10.1.